The van der Waals surface area contributed by atoms with Gasteiger partial charge in [-0.15, -0.1) is 0 Å². The minimum Gasteiger partial charge on any atom is -0.334 e. The van der Waals surface area contributed by atoms with Crippen LogP contribution in [0.1, 0.15) is 42.5 Å². The van der Waals surface area contributed by atoms with Crippen LogP contribution in [0, 0.1) is 5.82 Å². The second kappa shape index (κ2) is 6.32. The molecule has 1 aromatic rings. The van der Waals surface area contributed by atoms with Gasteiger partial charge in [-0.2, -0.15) is 0 Å². The van der Waals surface area contributed by atoms with Crippen molar-refractivity contribution in [2.24, 2.45) is 0 Å². The van der Waals surface area contributed by atoms with Gasteiger partial charge in [0.2, 0.25) is 0 Å². The van der Waals surface area contributed by atoms with E-state index >= 15 is 0 Å². The number of nitrogens with one attached hydrogen (secondary N) is 1. The first kappa shape index (κ1) is 14.8. The van der Waals surface area contributed by atoms with E-state index in [1.54, 1.807) is 0 Å². The second-order valence-corrected chi connectivity index (χ2v) is 6.37. The first-order chi connectivity index (χ1) is 10.1. The Morgan fingerprint density at radius 3 is 2.76 bits per heavy atom. The molecule has 1 aliphatic heterocycles. The SMILES string of the molecule is O=C(c1ccc(F)cc1Cl)N(CC1CCCCN1)C1CC1. The van der Waals surface area contributed by atoms with Gasteiger partial charge in [-0.25, -0.2) is 4.39 Å². The Morgan fingerprint density at radius 1 is 1.33 bits per heavy atom. The standard InChI is InChI=1S/C16H20ClFN2O/c17-15-9-11(18)4-7-14(15)16(21)20(13-5-6-13)10-12-3-1-2-8-19-12/h4,7,9,12-13,19H,1-3,5-6,8,10H2. The molecular weight excluding hydrogens is 291 g/mol. The Hall–Kier alpha value is -1.13. The normalized spacial score (nSPS) is 22.1. The number of hydrogen-bond acceptors (Lipinski definition) is 2. The molecule has 1 aromatic carbocycles. The summed E-state index contributed by atoms with van der Waals surface area (Å²) in [6, 6.07) is 4.68. The Morgan fingerprint density at radius 2 is 2.14 bits per heavy atom. The lowest BCUT2D eigenvalue weighted by atomic mass is 10.0. The van der Waals surface area contributed by atoms with Crippen LogP contribution < -0.4 is 5.32 Å². The molecule has 2 aliphatic rings. The highest BCUT2D eigenvalue weighted by molar-refractivity contribution is 6.33. The molecule has 0 bridgehead atoms. The number of amides is 1. The van der Waals surface area contributed by atoms with E-state index in [1.165, 1.54) is 31.0 Å². The predicted molar refractivity (Wildman–Crippen MR) is 81.1 cm³/mol. The largest absolute Gasteiger partial charge is 0.334 e. The van der Waals surface area contributed by atoms with Crippen molar-refractivity contribution in [1.29, 1.82) is 0 Å². The Labute approximate surface area is 129 Å². The summed E-state index contributed by atoms with van der Waals surface area (Å²) in [7, 11) is 0. The fourth-order valence-electron chi connectivity index (χ4n) is 2.92. The van der Waals surface area contributed by atoms with Crippen molar-refractivity contribution in [1.82, 2.24) is 10.2 Å². The minimum atomic E-state index is -0.413. The van der Waals surface area contributed by atoms with Crippen molar-refractivity contribution in [3.8, 4) is 0 Å². The van der Waals surface area contributed by atoms with Crippen LogP contribution in [0.25, 0.3) is 0 Å². The number of carbonyl (C=O) groups excluding carboxylic acids is 1. The molecule has 1 unspecified atom stereocenters. The minimum absolute atomic E-state index is 0.0742. The van der Waals surface area contributed by atoms with Crippen LogP contribution in [-0.4, -0.2) is 36.0 Å². The number of nitrogens with zero attached hydrogens (tertiary/aromatic N) is 1. The van der Waals surface area contributed by atoms with Crippen molar-refractivity contribution in [3.63, 3.8) is 0 Å². The predicted octanol–water partition coefficient (Wildman–Crippen LogP) is 3.23. The molecule has 0 spiro atoms. The zero-order valence-electron chi connectivity index (χ0n) is 11.9. The molecule has 2 fully saturated rings. The monoisotopic (exact) mass is 310 g/mol. The summed E-state index contributed by atoms with van der Waals surface area (Å²) < 4.78 is 13.1. The van der Waals surface area contributed by atoms with Crippen molar-refractivity contribution < 1.29 is 9.18 Å². The van der Waals surface area contributed by atoms with E-state index in [0.717, 1.165) is 32.4 Å². The van der Waals surface area contributed by atoms with Gasteiger partial charge in [-0.1, -0.05) is 18.0 Å². The van der Waals surface area contributed by atoms with Gasteiger partial charge in [0.25, 0.3) is 5.91 Å². The highest BCUT2D eigenvalue weighted by atomic mass is 35.5. The highest BCUT2D eigenvalue weighted by Gasteiger charge is 2.35. The average molecular weight is 311 g/mol. The van der Waals surface area contributed by atoms with Crippen molar-refractivity contribution in [2.45, 2.75) is 44.2 Å². The van der Waals surface area contributed by atoms with Gasteiger partial charge in [-0.3, -0.25) is 4.79 Å². The zero-order valence-corrected chi connectivity index (χ0v) is 12.7. The molecule has 1 amide bonds. The molecule has 1 aliphatic carbocycles. The van der Waals surface area contributed by atoms with E-state index < -0.39 is 5.82 Å². The fraction of sp³-hybridized carbons (Fsp3) is 0.562. The lowest BCUT2D eigenvalue weighted by molar-refractivity contribution is 0.0718. The summed E-state index contributed by atoms with van der Waals surface area (Å²) in [5, 5.41) is 3.67. The summed E-state index contributed by atoms with van der Waals surface area (Å²) in [6.07, 6.45) is 5.63. The van der Waals surface area contributed by atoms with Gasteiger partial charge >= 0.3 is 0 Å². The molecule has 3 nitrogen and oxygen atoms in total. The van der Waals surface area contributed by atoms with Gasteiger partial charge in [-0.05, 0) is 50.4 Å². The molecule has 0 aromatic heterocycles. The highest BCUT2D eigenvalue weighted by Crippen LogP contribution is 2.30. The summed E-state index contributed by atoms with van der Waals surface area (Å²) in [5.41, 5.74) is 0.403. The Balaban J connectivity index is 1.75. The number of benzene rings is 1. The van der Waals surface area contributed by atoms with Crippen molar-refractivity contribution in [2.75, 3.05) is 13.1 Å². The molecular formula is C16H20ClFN2O. The first-order valence-corrected chi connectivity index (χ1v) is 8.02. The molecule has 21 heavy (non-hydrogen) atoms. The maximum Gasteiger partial charge on any atom is 0.255 e. The molecule has 114 valence electrons. The molecule has 5 heteroatoms. The van der Waals surface area contributed by atoms with Gasteiger partial charge in [0.05, 0.1) is 10.6 Å². The fourth-order valence-corrected chi connectivity index (χ4v) is 3.17. The maximum absolute atomic E-state index is 13.1. The molecule has 1 saturated heterocycles. The lowest BCUT2D eigenvalue weighted by Crippen LogP contribution is -2.46. The summed E-state index contributed by atoms with van der Waals surface area (Å²) in [4.78, 5) is 14.6. The third-order valence-corrected chi connectivity index (χ3v) is 4.55. The molecule has 1 N–H and O–H groups in total. The molecule has 0 radical (unpaired) electrons. The van der Waals surface area contributed by atoms with Crippen LogP contribution >= 0.6 is 11.6 Å². The summed E-state index contributed by atoms with van der Waals surface area (Å²) in [6.45, 7) is 1.74. The maximum atomic E-state index is 13.1. The summed E-state index contributed by atoms with van der Waals surface area (Å²) >= 11 is 6.03. The Kier molecular flexibility index (Phi) is 4.45. The van der Waals surface area contributed by atoms with Gasteiger partial charge < -0.3 is 10.2 Å². The van der Waals surface area contributed by atoms with Gasteiger partial charge in [0.15, 0.2) is 0 Å². The van der Waals surface area contributed by atoms with Crippen LogP contribution in [0.5, 0.6) is 0 Å². The second-order valence-electron chi connectivity index (χ2n) is 5.96. The Bertz CT molecular complexity index is 527. The van der Waals surface area contributed by atoms with E-state index in [9.17, 15) is 9.18 Å². The third kappa shape index (κ3) is 3.55. The van der Waals surface area contributed by atoms with Crippen LogP contribution in [0.2, 0.25) is 5.02 Å². The van der Waals surface area contributed by atoms with Crippen LogP contribution in [-0.2, 0) is 0 Å². The number of hydrogen-bond donors (Lipinski definition) is 1. The van der Waals surface area contributed by atoms with E-state index in [4.69, 9.17) is 11.6 Å². The zero-order chi connectivity index (χ0) is 14.8. The quantitative estimate of drug-likeness (QED) is 0.926. The van der Waals surface area contributed by atoms with Gasteiger partial charge in [0, 0.05) is 18.6 Å². The van der Waals surface area contributed by atoms with Crippen molar-refractivity contribution in [3.05, 3.63) is 34.6 Å². The van der Waals surface area contributed by atoms with E-state index in [-0.39, 0.29) is 10.9 Å². The molecule has 1 atom stereocenters. The molecule has 1 heterocycles. The van der Waals surface area contributed by atoms with Crippen LogP contribution in [0.3, 0.4) is 0 Å². The van der Waals surface area contributed by atoms with E-state index in [0.29, 0.717) is 17.6 Å². The number of halogens is 2. The summed E-state index contributed by atoms with van der Waals surface area (Å²) in [5.74, 6) is -0.488. The number of piperidine rings is 1. The number of carbonyl (C=O) groups is 1. The van der Waals surface area contributed by atoms with Crippen molar-refractivity contribution >= 4 is 17.5 Å². The van der Waals surface area contributed by atoms with Gasteiger partial charge in [0.1, 0.15) is 5.82 Å². The van der Waals surface area contributed by atoms with Crippen LogP contribution in [0.4, 0.5) is 4.39 Å². The molecule has 3 rings (SSSR count). The third-order valence-electron chi connectivity index (χ3n) is 4.24. The average Bonchev–Trinajstić information content (AvgIpc) is 3.30. The number of rotatable bonds is 4. The van der Waals surface area contributed by atoms with Crippen LogP contribution in [0.15, 0.2) is 18.2 Å². The molecule has 1 saturated carbocycles. The van der Waals surface area contributed by atoms with E-state index in [1.807, 2.05) is 4.90 Å². The van der Waals surface area contributed by atoms with E-state index in [2.05, 4.69) is 5.32 Å². The lowest BCUT2D eigenvalue weighted by Gasteiger charge is -2.31. The topological polar surface area (TPSA) is 32.3 Å². The first-order valence-electron chi connectivity index (χ1n) is 7.64. The smallest absolute Gasteiger partial charge is 0.255 e.